The van der Waals surface area contributed by atoms with Crippen LogP contribution in [-0.2, 0) is 9.47 Å². The highest BCUT2D eigenvalue weighted by atomic mass is 32.2. The third-order valence-electron chi connectivity index (χ3n) is 2.99. The molecular weight excluding hydrogens is 294 g/mol. The van der Waals surface area contributed by atoms with Gasteiger partial charge in [0.2, 0.25) is 0 Å². The van der Waals surface area contributed by atoms with Crippen molar-refractivity contribution in [3.05, 3.63) is 28.3 Å². The molecule has 0 unspecified atom stereocenters. The molecule has 21 heavy (non-hydrogen) atoms. The summed E-state index contributed by atoms with van der Waals surface area (Å²) in [4.78, 5) is 11.7. The Morgan fingerprint density at radius 3 is 2.90 bits per heavy atom. The maximum absolute atomic E-state index is 11.2. The van der Waals surface area contributed by atoms with Gasteiger partial charge in [-0.25, -0.2) is 4.31 Å². The van der Waals surface area contributed by atoms with E-state index in [1.807, 2.05) is 6.07 Å². The van der Waals surface area contributed by atoms with Gasteiger partial charge < -0.3 is 14.8 Å². The molecule has 0 aromatic heterocycles. The van der Waals surface area contributed by atoms with E-state index in [9.17, 15) is 10.1 Å². The highest BCUT2D eigenvalue weighted by Crippen LogP contribution is 2.32. The highest BCUT2D eigenvalue weighted by molar-refractivity contribution is 7.97. The fourth-order valence-electron chi connectivity index (χ4n) is 1.94. The zero-order valence-electron chi connectivity index (χ0n) is 11.9. The Morgan fingerprint density at radius 1 is 1.48 bits per heavy atom. The summed E-state index contributed by atoms with van der Waals surface area (Å²) < 4.78 is 12.4. The molecule has 1 fully saturated rings. The van der Waals surface area contributed by atoms with E-state index in [-0.39, 0.29) is 10.6 Å². The lowest BCUT2D eigenvalue weighted by molar-refractivity contribution is -0.384. The lowest BCUT2D eigenvalue weighted by Gasteiger charge is -2.25. The van der Waals surface area contributed by atoms with Crippen LogP contribution in [0.25, 0.3) is 0 Å². The van der Waals surface area contributed by atoms with Crippen molar-refractivity contribution in [1.29, 1.82) is 0 Å². The Balaban J connectivity index is 2.05. The molecule has 0 radical (unpaired) electrons. The summed E-state index contributed by atoms with van der Waals surface area (Å²) in [7, 11) is 1.60. The first-order valence-corrected chi connectivity index (χ1v) is 7.50. The van der Waals surface area contributed by atoms with Crippen molar-refractivity contribution in [1.82, 2.24) is 4.31 Å². The largest absolute Gasteiger partial charge is 0.383 e. The van der Waals surface area contributed by atoms with Crippen molar-refractivity contribution in [3.63, 3.8) is 0 Å². The molecule has 1 heterocycles. The number of methoxy groups -OCH3 is 1. The highest BCUT2D eigenvalue weighted by Gasteiger charge is 2.17. The molecule has 0 bridgehead atoms. The molecule has 1 aromatic carbocycles. The molecule has 0 amide bonds. The quantitative estimate of drug-likeness (QED) is 0.357. The smallest absolute Gasteiger partial charge is 0.293 e. The second kappa shape index (κ2) is 8.18. The summed E-state index contributed by atoms with van der Waals surface area (Å²) in [5.41, 5.74) is 0.604. The van der Waals surface area contributed by atoms with Gasteiger partial charge in [-0.3, -0.25) is 10.1 Å². The molecular formula is C13H19N3O4S. The Hall–Kier alpha value is -1.35. The van der Waals surface area contributed by atoms with Crippen LogP contribution in [0.4, 0.5) is 11.4 Å². The van der Waals surface area contributed by atoms with Crippen LogP contribution in [0.3, 0.4) is 0 Å². The van der Waals surface area contributed by atoms with Gasteiger partial charge in [0, 0.05) is 37.7 Å². The first-order chi connectivity index (χ1) is 10.2. The summed E-state index contributed by atoms with van der Waals surface area (Å²) in [6.45, 7) is 4.09. The van der Waals surface area contributed by atoms with Gasteiger partial charge in [-0.05, 0) is 24.1 Å². The van der Waals surface area contributed by atoms with Crippen molar-refractivity contribution >= 4 is 23.3 Å². The maximum Gasteiger partial charge on any atom is 0.293 e. The van der Waals surface area contributed by atoms with E-state index < -0.39 is 0 Å². The van der Waals surface area contributed by atoms with E-state index >= 15 is 0 Å². The zero-order chi connectivity index (χ0) is 15.1. The van der Waals surface area contributed by atoms with Crippen LogP contribution in [0.5, 0.6) is 0 Å². The van der Waals surface area contributed by atoms with Gasteiger partial charge in [-0.15, -0.1) is 0 Å². The average Bonchev–Trinajstić information content (AvgIpc) is 2.49. The molecule has 7 nitrogen and oxygen atoms in total. The van der Waals surface area contributed by atoms with Crippen LogP contribution < -0.4 is 5.32 Å². The van der Waals surface area contributed by atoms with Crippen molar-refractivity contribution in [2.24, 2.45) is 0 Å². The fraction of sp³-hybridized carbons (Fsp3) is 0.538. The van der Waals surface area contributed by atoms with Crippen LogP contribution in [-0.4, -0.2) is 55.8 Å². The Morgan fingerprint density at radius 2 is 2.24 bits per heavy atom. The number of nitro benzene ring substituents is 1. The summed E-state index contributed by atoms with van der Waals surface area (Å²) in [5, 5.41) is 14.2. The topological polar surface area (TPSA) is 76.9 Å². The number of nitrogens with zero attached hydrogens (tertiary/aromatic N) is 2. The fourth-order valence-corrected chi connectivity index (χ4v) is 2.87. The van der Waals surface area contributed by atoms with E-state index in [2.05, 4.69) is 9.62 Å². The minimum absolute atomic E-state index is 0.0874. The minimum atomic E-state index is -0.363. The molecule has 8 heteroatoms. The molecule has 0 aliphatic carbocycles. The first-order valence-electron chi connectivity index (χ1n) is 6.72. The standard InChI is InChI=1S/C13H19N3O4S/c1-19-7-4-14-12-3-2-11(10-13(12)16(17)18)21-15-5-8-20-9-6-15/h2-3,10,14H,4-9H2,1H3. The first kappa shape index (κ1) is 16.0. The lowest BCUT2D eigenvalue weighted by atomic mass is 10.2. The predicted molar refractivity (Wildman–Crippen MR) is 81.7 cm³/mol. The number of anilines is 1. The van der Waals surface area contributed by atoms with E-state index in [1.54, 1.807) is 19.2 Å². The van der Waals surface area contributed by atoms with Gasteiger partial charge in [0.1, 0.15) is 5.69 Å². The number of hydrogen-bond acceptors (Lipinski definition) is 7. The number of ether oxygens (including phenoxy) is 2. The van der Waals surface area contributed by atoms with E-state index in [4.69, 9.17) is 9.47 Å². The Kier molecular flexibility index (Phi) is 6.24. The van der Waals surface area contributed by atoms with Crippen LogP contribution in [0.2, 0.25) is 0 Å². The number of rotatable bonds is 7. The normalized spacial score (nSPS) is 15.9. The number of nitrogens with one attached hydrogen (secondary N) is 1. The third-order valence-corrected chi connectivity index (χ3v) is 4.08. The van der Waals surface area contributed by atoms with Crippen LogP contribution >= 0.6 is 11.9 Å². The van der Waals surface area contributed by atoms with E-state index in [1.165, 1.54) is 11.9 Å². The molecule has 2 rings (SSSR count). The summed E-state index contributed by atoms with van der Waals surface area (Å²) >= 11 is 1.53. The second-order valence-electron chi connectivity index (χ2n) is 4.49. The van der Waals surface area contributed by atoms with Gasteiger partial charge in [-0.2, -0.15) is 0 Å². The number of benzene rings is 1. The van der Waals surface area contributed by atoms with Crippen LogP contribution in [0.1, 0.15) is 0 Å². The molecule has 0 atom stereocenters. The van der Waals surface area contributed by atoms with Gasteiger partial charge in [0.05, 0.1) is 24.7 Å². The molecule has 1 N–H and O–H groups in total. The molecule has 1 aliphatic rings. The van der Waals surface area contributed by atoms with Gasteiger partial charge in [0.25, 0.3) is 5.69 Å². The van der Waals surface area contributed by atoms with Crippen molar-refractivity contribution < 1.29 is 14.4 Å². The molecule has 116 valence electrons. The Labute approximate surface area is 127 Å². The van der Waals surface area contributed by atoms with E-state index in [0.29, 0.717) is 32.1 Å². The number of nitro groups is 1. The van der Waals surface area contributed by atoms with Crippen molar-refractivity contribution in [2.45, 2.75) is 4.90 Å². The Bertz CT molecular complexity index is 480. The van der Waals surface area contributed by atoms with Gasteiger partial charge in [-0.1, -0.05) is 0 Å². The zero-order valence-corrected chi connectivity index (χ0v) is 12.7. The number of hydrogen-bond donors (Lipinski definition) is 1. The van der Waals surface area contributed by atoms with Crippen LogP contribution in [0.15, 0.2) is 23.1 Å². The van der Waals surface area contributed by atoms with Gasteiger partial charge >= 0.3 is 0 Å². The van der Waals surface area contributed by atoms with E-state index in [0.717, 1.165) is 18.0 Å². The molecule has 1 aromatic rings. The monoisotopic (exact) mass is 313 g/mol. The van der Waals surface area contributed by atoms with Gasteiger partial charge in [0.15, 0.2) is 0 Å². The molecule has 1 aliphatic heterocycles. The summed E-state index contributed by atoms with van der Waals surface area (Å²) in [6, 6.07) is 5.24. The van der Waals surface area contributed by atoms with Crippen molar-refractivity contribution in [2.75, 3.05) is 51.9 Å². The lowest BCUT2D eigenvalue weighted by Crippen LogP contribution is -2.30. The summed E-state index contributed by atoms with van der Waals surface area (Å²) in [5.74, 6) is 0. The second-order valence-corrected chi connectivity index (χ2v) is 5.66. The van der Waals surface area contributed by atoms with Crippen molar-refractivity contribution in [3.8, 4) is 0 Å². The molecule has 0 spiro atoms. The SMILES string of the molecule is COCCNc1ccc(SN2CCOCC2)cc1[N+](=O)[O-]. The summed E-state index contributed by atoms with van der Waals surface area (Å²) in [6.07, 6.45) is 0. The minimum Gasteiger partial charge on any atom is -0.383 e. The number of morpholine rings is 1. The van der Waals surface area contributed by atoms with Crippen LogP contribution in [0, 0.1) is 10.1 Å². The third kappa shape index (κ3) is 4.85. The maximum atomic E-state index is 11.2. The predicted octanol–water partition coefficient (Wildman–Crippen LogP) is 1.99. The molecule has 0 saturated carbocycles. The molecule has 1 saturated heterocycles. The average molecular weight is 313 g/mol.